The number of hydrogen-bond acceptors (Lipinski definition) is 6. The summed E-state index contributed by atoms with van der Waals surface area (Å²) in [6.45, 7) is 1.69. The minimum absolute atomic E-state index is 0.142. The van der Waals surface area contributed by atoms with E-state index in [1.807, 2.05) is 28.4 Å². The molecular formula is C14H12IN3OS3. The Morgan fingerprint density at radius 3 is 2.77 bits per heavy atom. The van der Waals surface area contributed by atoms with Crippen LogP contribution in [0.1, 0.15) is 17.4 Å². The van der Waals surface area contributed by atoms with Gasteiger partial charge in [0, 0.05) is 46.9 Å². The highest BCUT2D eigenvalue weighted by molar-refractivity contribution is 14.2. The zero-order valence-corrected chi connectivity index (χ0v) is 16.4. The van der Waals surface area contributed by atoms with Gasteiger partial charge in [0.05, 0.1) is 16.8 Å². The molecule has 0 fully saturated rings. The zero-order chi connectivity index (χ0) is 16.3. The summed E-state index contributed by atoms with van der Waals surface area (Å²) >= 11 is 8.07. The van der Waals surface area contributed by atoms with Gasteiger partial charge in [0.25, 0.3) is 0 Å². The van der Waals surface area contributed by atoms with E-state index in [-0.39, 0.29) is 11.4 Å². The quantitative estimate of drug-likeness (QED) is 0.162. The number of allylic oxidation sites excluding steroid dienone is 2. The summed E-state index contributed by atoms with van der Waals surface area (Å²) in [5.74, 6) is -0.273. The molecule has 0 spiro atoms. The average Bonchev–Trinajstić information content (AvgIpc) is 2.86. The SMILES string of the molecule is C/C=C(\C#N)C(=O)c1cc2cc(S)c(NSC)cc2n1SI. The molecule has 0 aliphatic heterocycles. The van der Waals surface area contributed by atoms with E-state index >= 15 is 0 Å². The number of rotatable bonds is 5. The zero-order valence-electron chi connectivity index (χ0n) is 11.8. The van der Waals surface area contributed by atoms with Gasteiger partial charge in [0.1, 0.15) is 11.8 Å². The Labute approximate surface area is 155 Å². The monoisotopic (exact) mass is 461 g/mol. The van der Waals surface area contributed by atoms with E-state index in [0.717, 1.165) is 21.5 Å². The van der Waals surface area contributed by atoms with Crippen molar-refractivity contribution in [2.45, 2.75) is 11.8 Å². The molecule has 1 aromatic heterocycles. The number of nitrogens with one attached hydrogen (secondary N) is 1. The predicted octanol–water partition coefficient (Wildman–Crippen LogP) is 5.12. The fourth-order valence-electron chi connectivity index (χ4n) is 2.03. The van der Waals surface area contributed by atoms with Crippen LogP contribution < -0.4 is 4.72 Å². The first kappa shape index (κ1) is 17.6. The second-order valence-electron chi connectivity index (χ2n) is 4.27. The number of thiol groups is 1. The first-order chi connectivity index (χ1) is 10.6. The number of Topliss-reactive ketones (excluding diaryl/α,β-unsaturated/α-hetero) is 1. The van der Waals surface area contributed by atoms with Crippen LogP contribution in [0.4, 0.5) is 5.69 Å². The largest absolute Gasteiger partial charge is 0.329 e. The molecule has 4 nitrogen and oxygen atoms in total. The molecule has 1 heterocycles. The van der Waals surface area contributed by atoms with Gasteiger partial charge in [-0.2, -0.15) is 5.26 Å². The summed E-state index contributed by atoms with van der Waals surface area (Å²) in [7, 11) is 1.40. The molecule has 1 N–H and O–H groups in total. The molecule has 0 aliphatic rings. The molecular weight excluding hydrogens is 449 g/mol. The van der Waals surface area contributed by atoms with Gasteiger partial charge in [-0.25, -0.2) is 0 Å². The number of halogens is 1. The molecule has 0 saturated carbocycles. The van der Waals surface area contributed by atoms with Gasteiger partial charge in [-0.3, -0.25) is 8.77 Å². The average molecular weight is 461 g/mol. The number of fused-ring (bicyclic) bond motifs is 1. The maximum absolute atomic E-state index is 12.5. The van der Waals surface area contributed by atoms with Gasteiger partial charge >= 0.3 is 0 Å². The van der Waals surface area contributed by atoms with Gasteiger partial charge < -0.3 is 4.72 Å². The highest BCUT2D eigenvalue weighted by Gasteiger charge is 2.20. The van der Waals surface area contributed by atoms with E-state index < -0.39 is 0 Å². The third-order valence-electron chi connectivity index (χ3n) is 3.04. The first-order valence-corrected chi connectivity index (χ1v) is 11.1. The number of ketones is 1. The highest BCUT2D eigenvalue weighted by Crippen LogP contribution is 2.35. The number of nitriles is 1. The third kappa shape index (κ3) is 3.27. The highest BCUT2D eigenvalue weighted by atomic mass is 127. The Morgan fingerprint density at radius 2 is 2.23 bits per heavy atom. The lowest BCUT2D eigenvalue weighted by atomic mass is 10.1. The lowest BCUT2D eigenvalue weighted by Gasteiger charge is -2.08. The predicted molar refractivity (Wildman–Crippen MR) is 107 cm³/mol. The van der Waals surface area contributed by atoms with Crippen molar-refractivity contribution in [1.82, 2.24) is 3.97 Å². The van der Waals surface area contributed by atoms with Gasteiger partial charge in [0.15, 0.2) is 0 Å². The van der Waals surface area contributed by atoms with Crippen LogP contribution in [-0.4, -0.2) is 16.0 Å². The van der Waals surface area contributed by atoms with Crippen LogP contribution in [0.3, 0.4) is 0 Å². The summed E-state index contributed by atoms with van der Waals surface area (Å²) in [5.41, 5.74) is 2.42. The summed E-state index contributed by atoms with van der Waals surface area (Å²) in [4.78, 5) is 13.3. The number of carbonyl (C=O) groups excluding carboxylic acids is 1. The Hall–Kier alpha value is -0.760. The van der Waals surface area contributed by atoms with Crippen molar-refractivity contribution < 1.29 is 4.79 Å². The molecule has 0 bridgehead atoms. The Morgan fingerprint density at radius 1 is 1.50 bits per heavy atom. The fraction of sp³-hybridized carbons (Fsp3) is 0.143. The molecule has 0 saturated heterocycles. The maximum atomic E-state index is 12.5. The summed E-state index contributed by atoms with van der Waals surface area (Å²) < 4.78 is 5.00. The second-order valence-corrected chi connectivity index (χ2v) is 7.05. The van der Waals surface area contributed by atoms with Gasteiger partial charge in [0.2, 0.25) is 5.78 Å². The fourth-order valence-corrected chi connectivity index (χ4v) is 4.47. The van der Waals surface area contributed by atoms with Crippen LogP contribution in [0.15, 0.2) is 34.7 Å². The Balaban J connectivity index is 2.67. The lowest BCUT2D eigenvalue weighted by molar-refractivity contribution is 0.103. The van der Waals surface area contributed by atoms with Gasteiger partial charge in [-0.15, -0.1) is 12.6 Å². The summed E-state index contributed by atoms with van der Waals surface area (Å²) in [6.07, 6.45) is 3.47. The molecule has 0 unspecified atom stereocenters. The first-order valence-electron chi connectivity index (χ1n) is 6.15. The van der Waals surface area contributed by atoms with Crippen molar-refractivity contribution in [1.29, 1.82) is 5.26 Å². The van der Waals surface area contributed by atoms with Crippen molar-refractivity contribution in [2.75, 3.05) is 11.0 Å². The molecule has 0 radical (unpaired) electrons. The van der Waals surface area contributed by atoms with E-state index in [1.54, 1.807) is 13.0 Å². The van der Waals surface area contributed by atoms with E-state index in [9.17, 15) is 4.79 Å². The summed E-state index contributed by atoms with van der Waals surface area (Å²) in [6, 6.07) is 7.62. The Bertz CT molecular complexity index is 808. The smallest absolute Gasteiger partial charge is 0.220 e. The number of nitrogens with zero attached hydrogens (tertiary/aromatic N) is 2. The standard InChI is InChI=1S/C14H12IN3OS3/c1-3-8(7-16)14(19)12-4-9-5-13(20)10(17-21-2)6-11(9)18(12)22-15/h3-6,17,20H,1-2H3/b8-3+. The number of benzene rings is 1. The molecule has 0 amide bonds. The molecule has 8 heteroatoms. The van der Waals surface area contributed by atoms with Crippen LogP contribution in [0.5, 0.6) is 0 Å². The van der Waals surface area contributed by atoms with Crippen molar-refractivity contribution in [2.24, 2.45) is 0 Å². The normalized spacial score (nSPS) is 11.5. The molecule has 0 atom stereocenters. The molecule has 2 aromatic rings. The van der Waals surface area contributed by atoms with Gasteiger partial charge in [-0.05, 0) is 25.1 Å². The van der Waals surface area contributed by atoms with E-state index in [1.165, 1.54) is 27.1 Å². The van der Waals surface area contributed by atoms with Crippen molar-refractivity contribution >= 4 is 77.3 Å². The summed E-state index contributed by atoms with van der Waals surface area (Å²) in [5, 5.41) is 9.99. The molecule has 1 aromatic carbocycles. The lowest BCUT2D eigenvalue weighted by Crippen LogP contribution is -2.05. The van der Waals surface area contributed by atoms with Crippen LogP contribution >= 0.6 is 54.9 Å². The number of anilines is 1. The van der Waals surface area contributed by atoms with Crippen molar-refractivity contribution in [3.63, 3.8) is 0 Å². The number of carbonyl (C=O) groups is 1. The maximum Gasteiger partial charge on any atom is 0.220 e. The molecule has 114 valence electrons. The van der Waals surface area contributed by atoms with E-state index in [4.69, 9.17) is 5.26 Å². The van der Waals surface area contributed by atoms with Crippen LogP contribution in [0, 0.1) is 11.3 Å². The molecule has 22 heavy (non-hydrogen) atoms. The topological polar surface area (TPSA) is 57.8 Å². The second kappa shape index (κ2) is 7.68. The number of hydrogen-bond donors (Lipinski definition) is 2. The van der Waals surface area contributed by atoms with Gasteiger partial charge in [-0.1, -0.05) is 18.0 Å². The van der Waals surface area contributed by atoms with Crippen molar-refractivity contribution in [3.8, 4) is 6.07 Å². The van der Waals surface area contributed by atoms with E-state index in [2.05, 4.69) is 38.6 Å². The van der Waals surface area contributed by atoms with Crippen molar-refractivity contribution in [3.05, 3.63) is 35.5 Å². The van der Waals surface area contributed by atoms with Crippen LogP contribution in [0.25, 0.3) is 10.9 Å². The minimum atomic E-state index is -0.273. The molecule has 0 aliphatic carbocycles. The number of aromatic nitrogens is 1. The van der Waals surface area contributed by atoms with Crippen LogP contribution in [0.2, 0.25) is 0 Å². The van der Waals surface area contributed by atoms with E-state index in [0.29, 0.717) is 5.69 Å². The third-order valence-corrected chi connectivity index (χ3v) is 5.55. The molecule has 2 rings (SSSR count). The van der Waals surface area contributed by atoms with Crippen LogP contribution in [-0.2, 0) is 0 Å². The minimum Gasteiger partial charge on any atom is -0.329 e. The Kier molecular flexibility index (Phi) is 6.14.